The third-order valence-electron chi connectivity index (χ3n) is 6.68. The zero-order valence-corrected chi connectivity index (χ0v) is 23.3. The van der Waals surface area contributed by atoms with Crippen LogP contribution in [0.15, 0.2) is 24.3 Å². The molecule has 6 nitrogen and oxygen atoms in total. The highest BCUT2D eigenvalue weighted by atomic mass is 32.1. The van der Waals surface area contributed by atoms with Crippen LogP contribution >= 0.6 is 11.3 Å². The van der Waals surface area contributed by atoms with Crippen molar-refractivity contribution < 1.29 is 23.8 Å². The van der Waals surface area contributed by atoms with Crippen molar-refractivity contribution in [3.8, 4) is 11.5 Å². The normalized spacial score (nSPS) is 15.6. The van der Waals surface area contributed by atoms with E-state index in [1.807, 2.05) is 18.2 Å². The molecule has 0 spiro atoms. The van der Waals surface area contributed by atoms with Crippen molar-refractivity contribution in [1.29, 1.82) is 0 Å². The average molecular weight is 514 g/mol. The van der Waals surface area contributed by atoms with E-state index >= 15 is 0 Å². The minimum atomic E-state index is -0.404. The maximum absolute atomic E-state index is 12.8. The molecule has 1 N–H and O–H groups in total. The number of hydrogen-bond donors (Lipinski definition) is 1. The van der Waals surface area contributed by atoms with Crippen LogP contribution in [0.5, 0.6) is 11.5 Å². The third kappa shape index (κ3) is 6.90. The molecule has 1 aromatic heterocycles. The molecule has 1 unspecified atom stereocenters. The Morgan fingerprint density at radius 3 is 2.58 bits per heavy atom. The number of ether oxygens (including phenoxy) is 3. The second-order valence-corrected chi connectivity index (χ2v) is 11.9. The van der Waals surface area contributed by atoms with Gasteiger partial charge in [-0.05, 0) is 72.3 Å². The quantitative estimate of drug-likeness (QED) is 0.296. The van der Waals surface area contributed by atoms with Crippen molar-refractivity contribution in [3.63, 3.8) is 0 Å². The lowest BCUT2D eigenvalue weighted by Gasteiger charge is -2.33. The molecule has 0 radical (unpaired) electrons. The molecule has 1 aliphatic carbocycles. The van der Waals surface area contributed by atoms with Gasteiger partial charge in [0.25, 0.3) is 0 Å². The molecular formula is C29H39NO5S. The van der Waals surface area contributed by atoms with Gasteiger partial charge in [0.05, 0.1) is 26.4 Å². The number of thiophene rings is 1. The molecule has 36 heavy (non-hydrogen) atoms. The van der Waals surface area contributed by atoms with Crippen LogP contribution in [0.1, 0.15) is 73.8 Å². The summed E-state index contributed by atoms with van der Waals surface area (Å²) in [6.07, 6.45) is 6.88. The van der Waals surface area contributed by atoms with Gasteiger partial charge < -0.3 is 19.5 Å². The maximum Gasteiger partial charge on any atom is 0.341 e. The Morgan fingerprint density at radius 1 is 1.19 bits per heavy atom. The Labute approximate surface area is 219 Å². The summed E-state index contributed by atoms with van der Waals surface area (Å²) < 4.78 is 16.4. The standard InChI is InChI=1S/C29H39NO5S/c1-18(2)14-15-35-22-12-8-19(16-23(22)33-6)9-13-25(31)30-27-26(28(32)34-7)21-11-10-20(29(3,4)5)17-24(21)36-27/h8-9,12-13,16,18,20H,10-11,14-15,17H2,1-7H3,(H,30,31). The van der Waals surface area contributed by atoms with Gasteiger partial charge in [0, 0.05) is 11.0 Å². The van der Waals surface area contributed by atoms with Crippen LogP contribution in [0.3, 0.4) is 0 Å². The van der Waals surface area contributed by atoms with Crippen molar-refractivity contribution in [2.75, 3.05) is 26.1 Å². The van der Waals surface area contributed by atoms with Crippen LogP contribution in [-0.4, -0.2) is 32.7 Å². The molecular weight excluding hydrogens is 474 g/mol. The van der Waals surface area contributed by atoms with Crippen LogP contribution in [0, 0.1) is 17.3 Å². The minimum Gasteiger partial charge on any atom is -0.493 e. The van der Waals surface area contributed by atoms with E-state index in [0.29, 0.717) is 40.5 Å². The molecule has 0 aliphatic heterocycles. The molecule has 1 aliphatic rings. The van der Waals surface area contributed by atoms with E-state index in [2.05, 4.69) is 39.9 Å². The van der Waals surface area contributed by atoms with E-state index in [4.69, 9.17) is 14.2 Å². The number of nitrogens with one attached hydrogen (secondary N) is 1. The van der Waals surface area contributed by atoms with Crippen LogP contribution < -0.4 is 14.8 Å². The van der Waals surface area contributed by atoms with Gasteiger partial charge in [-0.1, -0.05) is 40.7 Å². The first-order valence-electron chi connectivity index (χ1n) is 12.6. The van der Waals surface area contributed by atoms with Crippen molar-refractivity contribution in [3.05, 3.63) is 45.8 Å². The highest BCUT2D eigenvalue weighted by Crippen LogP contribution is 2.44. The molecule has 1 atom stereocenters. The first kappa shape index (κ1) is 27.8. The fraction of sp³-hybridized carbons (Fsp3) is 0.517. The van der Waals surface area contributed by atoms with Gasteiger partial charge in [-0.3, -0.25) is 4.79 Å². The van der Waals surface area contributed by atoms with E-state index in [0.717, 1.165) is 36.8 Å². The van der Waals surface area contributed by atoms with Gasteiger partial charge in [0.15, 0.2) is 11.5 Å². The Morgan fingerprint density at radius 2 is 1.94 bits per heavy atom. The molecule has 0 saturated heterocycles. The highest BCUT2D eigenvalue weighted by molar-refractivity contribution is 7.17. The lowest BCUT2D eigenvalue weighted by molar-refractivity contribution is -0.111. The lowest BCUT2D eigenvalue weighted by Crippen LogP contribution is -2.26. The minimum absolute atomic E-state index is 0.190. The molecule has 0 saturated carbocycles. The number of anilines is 1. The topological polar surface area (TPSA) is 73.9 Å². The van der Waals surface area contributed by atoms with Crippen LogP contribution in [0.25, 0.3) is 6.08 Å². The van der Waals surface area contributed by atoms with E-state index in [1.165, 1.54) is 29.4 Å². The van der Waals surface area contributed by atoms with Crippen molar-refractivity contribution in [2.45, 2.75) is 60.3 Å². The Hall–Kier alpha value is -2.80. The summed E-state index contributed by atoms with van der Waals surface area (Å²) in [5.41, 5.74) is 2.51. The Kier molecular flexibility index (Phi) is 9.23. The Bertz CT molecular complexity index is 1110. The summed E-state index contributed by atoms with van der Waals surface area (Å²) in [6.45, 7) is 11.7. The first-order valence-corrected chi connectivity index (χ1v) is 13.4. The molecule has 0 fully saturated rings. The van der Waals surface area contributed by atoms with Crippen LogP contribution in [-0.2, 0) is 22.4 Å². The number of hydrogen-bond acceptors (Lipinski definition) is 6. The Balaban J connectivity index is 1.75. The summed E-state index contributed by atoms with van der Waals surface area (Å²) in [4.78, 5) is 26.6. The number of fused-ring (bicyclic) bond motifs is 1. The zero-order valence-electron chi connectivity index (χ0n) is 22.5. The molecule has 3 rings (SSSR count). The largest absolute Gasteiger partial charge is 0.493 e. The first-order chi connectivity index (χ1) is 17.0. The zero-order chi connectivity index (χ0) is 26.5. The fourth-order valence-corrected chi connectivity index (χ4v) is 5.69. The summed E-state index contributed by atoms with van der Waals surface area (Å²) in [5, 5.41) is 3.48. The van der Waals surface area contributed by atoms with Crippen molar-refractivity contribution >= 4 is 34.3 Å². The SMILES string of the molecule is COC(=O)c1c(NC(=O)C=Cc2ccc(OCCC(C)C)c(OC)c2)sc2c1CCC(C(C)(C)C)C2. The van der Waals surface area contributed by atoms with Crippen molar-refractivity contribution in [1.82, 2.24) is 0 Å². The number of esters is 1. The monoisotopic (exact) mass is 513 g/mol. The summed E-state index contributed by atoms with van der Waals surface area (Å²) in [7, 11) is 2.98. The van der Waals surface area contributed by atoms with Crippen LogP contribution in [0.4, 0.5) is 5.00 Å². The molecule has 1 heterocycles. The molecule has 196 valence electrons. The molecule has 1 amide bonds. The maximum atomic E-state index is 12.8. The van der Waals surface area contributed by atoms with Gasteiger partial charge >= 0.3 is 5.97 Å². The predicted molar refractivity (Wildman–Crippen MR) is 146 cm³/mol. The number of amides is 1. The second kappa shape index (κ2) is 12.0. The molecule has 2 aromatic rings. The smallest absolute Gasteiger partial charge is 0.341 e. The van der Waals surface area contributed by atoms with Crippen molar-refractivity contribution in [2.24, 2.45) is 17.3 Å². The lowest BCUT2D eigenvalue weighted by atomic mass is 9.72. The molecule has 0 bridgehead atoms. The van der Waals surface area contributed by atoms with Crippen LogP contribution in [0.2, 0.25) is 0 Å². The second-order valence-electron chi connectivity index (χ2n) is 10.8. The van der Waals surface area contributed by atoms with E-state index < -0.39 is 5.97 Å². The van der Waals surface area contributed by atoms with Gasteiger partial charge in [0.1, 0.15) is 5.00 Å². The molecule has 7 heteroatoms. The summed E-state index contributed by atoms with van der Waals surface area (Å²) >= 11 is 1.49. The number of carbonyl (C=O) groups is 2. The number of rotatable bonds is 9. The average Bonchev–Trinajstić information content (AvgIpc) is 3.18. The van der Waals surface area contributed by atoms with Gasteiger partial charge in [0.2, 0.25) is 5.91 Å². The molecule has 1 aromatic carbocycles. The van der Waals surface area contributed by atoms with Gasteiger partial charge in [-0.15, -0.1) is 11.3 Å². The third-order valence-corrected chi connectivity index (χ3v) is 7.85. The number of carbonyl (C=O) groups excluding carboxylic acids is 2. The number of methoxy groups -OCH3 is 2. The highest BCUT2D eigenvalue weighted by Gasteiger charge is 2.34. The van der Waals surface area contributed by atoms with Gasteiger partial charge in [-0.25, -0.2) is 4.79 Å². The summed E-state index contributed by atoms with van der Waals surface area (Å²) in [6, 6.07) is 5.57. The number of benzene rings is 1. The predicted octanol–water partition coefficient (Wildman–Crippen LogP) is 6.77. The van der Waals surface area contributed by atoms with E-state index in [-0.39, 0.29) is 11.3 Å². The fourth-order valence-electron chi connectivity index (χ4n) is 4.37. The van der Waals surface area contributed by atoms with E-state index in [1.54, 1.807) is 13.2 Å². The summed E-state index contributed by atoms with van der Waals surface area (Å²) in [5.74, 6) is 1.69. The van der Waals surface area contributed by atoms with E-state index in [9.17, 15) is 9.59 Å². The van der Waals surface area contributed by atoms with Gasteiger partial charge in [-0.2, -0.15) is 0 Å².